The van der Waals surface area contributed by atoms with Crippen LogP contribution < -0.4 is 5.73 Å². The van der Waals surface area contributed by atoms with E-state index in [0.29, 0.717) is 6.42 Å². The van der Waals surface area contributed by atoms with E-state index in [1.54, 1.807) is 0 Å². The molecule has 1 saturated carbocycles. The van der Waals surface area contributed by atoms with Crippen molar-refractivity contribution < 1.29 is 13.6 Å². The highest BCUT2D eigenvalue weighted by Gasteiger charge is 2.26. The summed E-state index contributed by atoms with van der Waals surface area (Å²) in [6.07, 6.45) is 3.09. The SMILES string of the molecule is NC1CCCC(C(=O)Cc2c(F)cccc2F)C1. The highest BCUT2D eigenvalue weighted by molar-refractivity contribution is 5.83. The lowest BCUT2D eigenvalue weighted by Crippen LogP contribution is -2.32. The highest BCUT2D eigenvalue weighted by atomic mass is 19.1. The molecule has 0 aliphatic heterocycles. The monoisotopic (exact) mass is 253 g/mol. The Kier molecular flexibility index (Phi) is 4.07. The van der Waals surface area contributed by atoms with Gasteiger partial charge >= 0.3 is 0 Å². The lowest BCUT2D eigenvalue weighted by Gasteiger charge is -2.25. The van der Waals surface area contributed by atoms with Crippen molar-refractivity contribution in [3.63, 3.8) is 0 Å². The van der Waals surface area contributed by atoms with Gasteiger partial charge < -0.3 is 5.73 Å². The first-order valence-electron chi connectivity index (χ1n) is 6.29. The summed E-state index contributed by atoms with van der Waals surface area (Å²) in [4.78, 5) is 12.0. The van der Waals surface area contributed by atoms with Crippen LogP contribution in [0.4, 0.5) is 8.78 Å². The molecule has 1 aliphatic rings. The fraction of sp³-hybridized carbons (Fsp3) is 0.500. The molecule has 0 amide bonds. The lowest BCUT2D eigenvalue weighted by molar-refractivity contribution is -0.123. The number of nitrogens with two attached hydrogens (primary N) is 1. The van der Waals surface area contributed by atoms with Crippen LogP contribution in [0.5, 0.6) is 0 Å². The van der Waals surface area contributed by atoms with Gasteiger partial charge in [-0.2, -0.15) is 0 Å². The Bertz CT molecular complexity index is 427. The van der Waals surface area contributed by atoms with Gasteiger partial charge in [-0.05, 0) is 31.4 Å². The van der Waals surface area contributed by atoms with Crippen LogP contribution in [0.2, 0.25) is 0 Å². The first-order valence-corrected chi connectivity index (χ1v) is 6.29. The Morgan fingerprint density at radius 2 is 1.94 bits per heavy atom. The summed E-state index contributed by atoms with van der Waals surface area (Å²) in [6.45, 7) is 0. The van der Waals surface area contributed by atoms with Crippen LogP contribution in [0, 0.1) is 17.6 Å². The zero-order valence-corrected chi connectivity index (χ0v) is 10.2. The van der Waals surface area contributed by atoms with E-state index >= 15 is 0 Å². The Morgan fingerprint density at radius 1 is 1.28 bits per heavy atom. The number of hydrogen-bond acceptors (Lipinski definition) is 2. The number of hydrogen-bond donors (Lipinski definition) is 1. The topological polar surface area (TPSA) is 43.1 Å². The third kappa shape index (κ3) is 2.93. The Balaban J connectivity index is 2.07. The maximum absolute atomic E-state index is 13.4. The van der Waals surface area contributed by atoms with Gasteiger partial charge in [0, 0.05) is 23.9 Å². The molecule has 0 radical (unpaired) electrons. The molecule has 2 nitrogen and oxygen atoms in total. The number of Topliss-reactive ketones (excluding diaryl/α,β-unsaturated/α-hetero) is 1. The van der Waals surface area contributed by atoms with Crippen molar-refractivity contribution >= 4 is 5.78 Å². The molecular formula is C14H17F2NO. The molecule has 2 unspecified atom stereocenters. The molecule has 0 aromatic heterocycles. The van der Waals surface area contributed by atoms with Gasteiger partial charge in [0.2, 0.25) is 0 Å². The molecule has 2 N–H and O–H groups in total. The maximum atomic E-state index is 13.4. The van der Waals surface area contributed by atoms with Crippen molar-refractivity contribution in [2.24, 2.45) is 11.7 Å². The fourth-order valence-electron chi connectivity index (χ4n) is 2.54. The van der Waals surface area contributed by atoms with Crippen LogP contribution in [-0.4, -0.2) is 11.8 Å². The molecule has 98 valence electrons. The molecule has 2 atom stereocenters. The van der Waals surface area contributed by atoms with Gasteiger partial charge in [0.15, 0.2) is 0 Å². The molecule has 1 fully saturated rings. The molecule has 18 heavy (non-hydrogen) atoms. The molecule has 1 aromatic carbocycles. The normalized spacial score (nSPS) is 23.9. The van der Waals surface area contributed by atoms with Crippen molar-refractivity contribution in [3.8, 4) is 0 Å². The molecule has 0 bridgehead atoms. The van der Waals surface area contributed by atoms with E-state index in [1.165, 1.54) is 18.2 Å². The average Bonchev–Trinajstić information content (AvgIpc) is 2.34. The van der Waals surface area contributed by atoms with Gasteiger partial charge in [-0.25, -0.2) is 8.78 Å². The third-order valence-corrected chi connectivity index (χ3v) is 3.58. The summed E-state index contributed by atoms with van der Waals surface area (Å²) in [5.41, 5.74) is 5.69. The van der Waals surface area contributed by atoms with Crippen molar-refractivity contribution in [3.05, 3.63) is 35.4 Å². The molecular weight excluding hydrogens is 236 g/mol. The predicted molar refractivity (Wildman–Crippen MR) is 65.0 cm³/mol. The molecule has 1 aromatic rings. The number of carbonyl (C=O) groups excluding carboxylic acids is 1. The van der Waals surface area contributed by atoms with Gasteiger partial charge in [-0.3, -0.25) is 4.79 Å². The second-order valence-corrected chi connectivity index (χ2v) is 4.97. The van der Waals surface area contributed by atoms with Crippen LogP contribution in [0.25, 0.3) is 0 Å². The first-order chi connectivity index (χ1) is 8.58. The van der Waals surface area contributed by atoms with E-state index in [9.17, 15) is 13.6 Å². The van der Waals surface area contributed by atoms with Crippen molar-refractivity contribution in [2.75, 3.05) is 0 Å². The molecule has 2 rings (SSSR count). The van der Waals surface area contributed by atoms with Crippen molar-refractivity contribution in [2.45, 2.75) is 38.1 Å². The smallest absolute Gasteiger partial charge is 0.140 e. The molecule has 1 aliphatic carbocycles. The number of ketones is 1. The van der Waals surface area contributed by atoms with E-state index < -0.39 is 11.6 Å². The summed E-state index contributed by atoms with van der Waals surface area (Å²) in [7, 11) is 0. The largest absolute Gasteiger partial charge is 0.328 e. The van der Waals surface area contributed by atoms with Gasteiger partial charge in [-0.15, -0.1) is 0 Å². The average molecular weight is 253 g/mol. The zero-order chi connectivity index (χ0) is 13.1. The molecule has 0 heterocycles. The van der Waals surface area contributed by atoms with Gasteiger partial charge in [0.1, 0.15) is 17.4 Å². The van der Waals surface area contributed by atoms with Crippen molar-refractivity contribution in [1.82, 2.24) is 0 Å². The summed E-state index contributed by atoms with van der Waals surface area (Å²) in [5.74, 6) is -1.55. The van der Waals surface area contributed by atoms with Crippen LogP contribution in [0.3, 0.4) is 0 Å². The maximum Gasteiger partial charge on any atom is 0.140 e. The van der Waals surface area contributed by atoms with E-state index in [1.807, 2.05) is 0 Å². The van der Waals surface area contributed by atoms with Crippen LogP contribution in [0.1, 0.15) is 31.2 Å². The van der Waals surface area contributed by atoms with Crippen LogP contribution in [0.15, 0.2) is 18.2 Å². The third-order valence-electron chi connectivity index (χ3n) is 3.58. The van der Waals surface area contributed by atoms with Gasteiger partial charge in [0.05, 0.1) is 0 Å². The quantitative estimate of drug-likeness (QED) is 0.899. The standard InChI is InChI=1S/C14H17F2NO/c15-12-5-2-6-13(16)11(12)8-14(18)9-3-1-4-10(17)7-9/h2,5-6,9-10H,1,3-4,7-8,17H2. The minimum absolute atomic E-state index is 0.0400. The summed E-state index contributed by atoms with van der Waals surface area (Å²) in [5, 5.41) is 0. The van der Waals surface area contributed by atoms with Crippen LogP contribution in [-0.2, 0) is 11.2 Å². The minimum Gasteiger partial charge on any atom is -0.328 e. The summed E-state index contributed by atoms with van der Waals surface area (Å²) in [6, 6.07) is 3.70. The van der Waals surface area contributed by atoms with Gasteiger partial charge in [0.25, 0.3) is 0 Å². The number of rotatable bonds is 3. The van der Waals surface area contributed by atoms with Crippen LogP contribution >= 0.6 is 0 Å². The van der Waals surface area contributed by atoms with E-state index in [4.69, 9.17) is 5.73 Å². The molecule has 0 spiro atoms. The van der Waals surface area contributed by atoms with E-state index in [2.05, 4.69) is 0 Å². The number of benzene rings is 1. The molecule has 4 heteroatoms. The Morgan fingerprint density at radius 3 is 2.56 bits per heavy atom. The molecule has 0 saturated heterocycles. The Labute approximate surface area is 105 Å². The van der Waals surface area contributed by atoms with Crippen molar-refractivity contribution in [1.29, 1.82) is 0 Å². The predicted octanol–water partition coefficient (Wildman–Crippen LogP) is 2.59. The lowest BCUT2D eigenvalue weighted by atomic mass is 9.82. The highest BCUT2D eigenvalue weighted by Crippen LogP contribution is 2.26. The first kappa shape index (κ1) is 13.1. The summed E-state index contributed by atoms with van der Waals surface area (Å²) >= 11 is 0. The zero-order valence-electron chi connectivity index (χ0n) is 10.2. The number of carbonyl (C=O) groups is 1. The Hall–Kier alpha value is -1.29. The van der Waals surface area contributed by atoms with E-state index in [-0.39, 0.29) is 29.7 Å². The second kappa shape index (κ2) is 5.57. The number of halogens is 2. The summed E-state index contributed by atoms with van der Waals surface area (Å²) < 4.78 is 26.9. The fourth-order valence-corrected chi connectivity index (χ4v) is 2.54. The van der Waals surface area contributed by atoms with E-state index in [0.717, 1.165) is 19.3 Å². The van der Waals surface area contributed by atoms with Gasteiger partial charge in [-0.1, -0.05) is 12.5 Å². The second-order valence-electron chi connectivity index (χ2n) is 4.97. The minimum atomic E-state index is -0.650.